The summed E-state index contributed by atoms with van der Waals surface area (Å²) < 4.78 is 17.4. The molecule has 0 aliphatic carbocycles. The summed E-state index contributed by atoms with van der Waals surface area (Å²) in [5.74, 6) is 0.428. The minimum Gasteiger partial charge on any atom is -0.356 e. The normalized spacial score (nSPS) is 10.4. The topological polar surface area (TPSA) is 37.8 Å². The molecule has 0 atom stereocenters. The molecule has 0 aliphatic rings. The Morgan fingerprint density at radius 1 is 1.50 bits per heavy atom. The van der Waals surface area contributed by atoms with Crippen LogP contribution >= 0.6 is 23.1 Å². The lowest BCUT2D eigenvalue weighted by Crippen LogP contribution is -2.01. The van der Waals surface area contributed by atoms with Crippen molar-refractivity contribution < 1.29 is 4.39 Å². The summed E-state index contributed by atoms with van der Waals surface area (Å²) in [6.07, 6.45) is 0. The van der Waals surface area contributed by atoms with E-state index in [0.717, 1.165) is 0 Å². The van der Waals surface area contributed by atoms with Gasteiger partial charge in [0.1, 0.15) is 11.6 Å². The summed E-state index contributed by atoms with van der Waals surface area (Å²) in [6.45, 7) is 2.16. The molecule has 84 valence electrons. The van der Waals surface area contributed by atoms with Crippen LogP contribution in [-0.4, -0.2) is 9.36 Å². The molecular formula is C10H9ClFN3S. The van der Waals surface area contributed by atoms with Crippen molar-refractivity contribution in [1.29, 1.82) is 0 Å². The lowest BCUT2D eigenvalue weighted by atomic mass is 10.2. The Morgan fingerprint density at radius 3 is 3.00 bits per heavy atom. The lowest BCUT2D eigenvalue weighted by Gasteiger charge is -2.04. The van der Waals surface area contributed by atoms with Crippen LogP contribution in [0.4, 0.5) is 9.52 Å². The zero-order valence-corrected chi connectivity index (χ0v) is 10.1. The Kier molecular flexibility index (Phi) is 3.36. The molecule has 2 rings (SSSR count). The molecule has 0 unspecified atom stereocenters. The molecule has 1 N–H and O–H groups in total. The first-order chi connectivity index (χ1) is 7.65. The van der Waals surface area contributed by atoms with E-state index in [0.29, 0.717) is 28.1 Å². The van der Waals surface area contributed by atoms with Gasteiger partial charge in [-0.25, -0.2) is 9.37 Å². The van der Waals surface area contributed by atoms with Crippen LogP contribution in [0.5, 0.6) is 0 Å². The Bertz CT molecular complexity index is 501. The number of benzene rings is 1. The van der Waals surface area contributed by atoms with Crippen molar-refractivity contribution in [2.45, 2.75) is 13.5 Å². The molecule has 1 aromatic heterocycles. The number of hydrogen-bond donors (Lipinski definition) is 1. The molecule has 2 aromatic rings. The Balaban J connectivity index is 2.07. The van der Waals surface area contributed by atoms with Crippen LogP contribution < -0.4 is 5.32 Å². The van der Waals surface area contributed by atoms with Gasteiger partial charge in [-0.15, -0.1) is 0 Å². The number of nitrogens with zero attached hydrogens (tertiary/aromatic N) is 2. The number of hydrogen-bond acceptors (Lipinski definition) is 4. The van der Waals surface area contributed by atoms with E-state index in [1.54, 1.807) is 6.07 Å². The van der Waals surface area contributed by atoms with E-state index in [1.807, 2.05) is 6.92 Å². The molecule has 0 saturated heterocycles. The molecule has 0 spiro atoms. The Hall–Kier alpha value is -1.20. The first-order valence-corrected chi connectivity index (χ1v) is 5.78. The third kappa shape index (κ3) is 2.68. The van der Waals surface area contributed by atoms with Crippen molar-refractivity contribution in [1.82, 2.24) is 9.36 Å². The molecule has 0 fully saturated rings. The quantitative estimate of drug-likeness (QED) is 0.917. The molecule has 0 amide bonds. The van der Waals surface area contributed by atoms with E-state index in [9.17, 15) is 4.39 Å². The van der Waals surface area contributed by atoms with Gasteiger partial charge in [0, 0.05) is 28.7 Å². The van der Waals surface area contributed by atoms with Gasteiger partial charge in [-0.05, 0) is 25.1 Å². The summed E-state index contributed by atoms with van der Waals surface area (Å²) in [6, 6.07) is 4.47. The van der Waals surface area contributed by atoms with Crippen molar-refractivity contribution in [2.75, 3.05) is 5.32 Å². The standard InChI is InChI=1S/C10H9ClFN3S/c1-6-14-10(16-15-6)13-5-7-4-8(11)2-3-9(7)12/h2-4H,5H2,1H3,(H,13,14,15). The van der Waals surface area contributed by atoms with Crippen molar-refractivity contribution in [3.63, 3.8) is 0 Å². The highest BCUT2D eigenvalue weighted by atomic mass is 35.5. The monoisotopic (exact) mass is 257 g/mol. The third-order valence-corrected chi connectivity index (χ3v) is 2.96. The minimum absolute atomic E-state index is 0.280. The number of aromatic nitrogens is 2. The first kappa shape index (κ1) is 11.3. The fraction of sp³-hybridized carbons (Fsp3) is 0.200. The van der Waals surface area contributed by atoms with Gasteiger partial charge in [0.2, 0.25) is 5.13 Å². The van der Waals surface area contributed by atoms with Crippen LogP contribution in [0.15, 0.2) is 18.2 Å². The van der Waals surface area contributed by atoms with E-state index in [2.05, 4.69) is 14.7 Å². The molecule has 1 heterocycles. The van der Waals surface area contributed by atoms with Crippen molar-refractivity contribution in [2.24, 2.45) is 0 Å². The van der Waals surface area contributed by atoms with Gasteiger partial charge >= 0.3 is 0 Å². The van der Waals surface area contributed by atoms with Crippen molar-refractivity contribution >= 4 is 28.3 Å². The molecule has 0 bridgehead atoms. The summed E-state index contributed by atoms with van der Waals surface area (Å²) in [4.78, 5) is 4.12. The minimum atomic E-state index is -0.280. The second-order valence-corrected chi connectivity index (χ2v) is 4.42. The highest BCUT2D eigenvalue weighted by molar-refractivity contribution is 7.09. The van der Waals surface area contributed by atoms with Crippen LogP contribution in [0.3, 0.4) is 0 Å². The molecule has 0 radical (unpaired) electrons. The van der Waals surface area contributed by atoms with Crippen LogP contribution in [-0.2, 0) is 6.54 Å². The largest absolute Gasteiger partial charge is 0.356 e. The smallest absolute Gasteiger partial charge is 0.202 e. The Labute approximate surface area is 101 Å². The van der Waals surface area contributed by atoms with E-state index in [4.69, 9.17) is 11.6 Å². The van der Waals surface area contributed by atoms with E-state index in [1.165, 1.54) is 23.7 Å². The van der Waals surface area contributed by atoms with E-state index < -0.39 is 0 Å². The van der Waals surface area contributed by atoms with Crippen LogP contribution in [0.2, 0.25) is 5.02 Å². The summed E-state index contributed by atoms with van der Waals surface area (Å²) >= 11 is 7.03. The molecule has 6 heteroatoms. The fourth-order valence-electron chi connectivity index (χ4n) is 1.22. The summed E-state index contributed by atoms with van der Waals surface area (Å²) in [5, 5.41) is 4.19. The second kappa shape index (κ2) is 4.76. The SMILES string of the molecule is Cc1nsc(NCc2cc(Cl)ccc2F)n1. The predicted octanol–water partition coefficient (Wildman–Crippen LogP) is 3.25. The molecule has 0 saturated carbocycles. The highest BCUT2D eigenvalue weighted by Crippen LogP contribution is 2.17. The van der Waals surface area contributed by atoms with Gasteiger partial charge in [-0.2, -0.15) is 4.37 Å². The lowest BCUT2D eigenvalue weighted by molar-refractivity contribution is 0.613. The summed E-state index contributed by atoms with van der Waals surface area (Å²) in [5.41, 5.74) is 0.514. The zero-order chi connectivity index (χ0) is 11.5. The van der Waals surface area contributed by atoms with Gasteiger partial charge in [-0.3, -0.25) is 0 Å². The van der Waals surface area contributed by atoms with Gasteiger partial charge < -0.3 is 5.32 Å². The third-order valence-electron chi connectivity index (χ3n) is 1.97. The summed E-state index contributed by atoms with van der Waals surface area (Å²) in [7, 11) is 0. The van der Waals surface area contributed by atoms with E-state index in [-0.39, 0.29) is 5.82 Å². The maximum absolute atomic E-state index is 13.3. The molecule has 3 nitrogen and oxygen atoms in total. The maximum Gasteiger partial charge on any atom is 0.202 e. The average molecular weight is 258 g/mol. The first-order valence-electron chi connectivity index (χ1n) is 4.63. The van der Waals surface area contributed by atoms with Crippen LogP contribution in [0.1, 0.15) is 11.4 Å². The molecule has 16 heavy (non-hydrogen) atoms. The van der Waals surface area contributed by atoms with Gasteiger partial charge in [0.25, 0.3) is 0 Å². The number of nitrogens with one attached hydrogen (secondary N) is 1. The van der Waals surface area contributed by atoms with Crippen LogP contribution in [0.25, 0.3) is 0 Å². The zero-order valence-electron chi connectivity index (χ0n) is 8.50. The van der Waals surface area contributed by atoms with Gasteiger partial charge in [0.15, 0.2) is 0 Å². The number of rotatable bonds is 3. The molecular weight excluding hydrogens is 249 g/mol. The number of aryl methyl sites for hydroxylation is 1. The predicted molar refractivity (Wildman–Crippen MR) is 63.4 cm³/mol. The van der Waals surface area contributed by atoms with Crippen molar-refractivity contribution in [3.8, 4) is 0 Å². The fourth-order valence-corrected chi connectivity index (χ4v) is 1.98. The number of halogens is 2. The Morgan fingerprint density at radius 2 is 2.31 bits per heavy atom. The maximum atomic E-state index is 13.3. The van der Waals surface area contributed by atoms with Gasteiger partial charge in [-0.1, -0.05) is 11.6 Å². The van der Waals surface area contributed by atoms with E-state index >= 15 is 0 Å². The molecule has 0 aliphatic heterocycles. The highest BCUT2D eigenvalue weighted by Gasteiger charge is 2.04. The average Bonchev–Trinajstić information content (AvgIpc) is 2.66. The van der Waals surface area contributed by atoms with Crippen LogP contribution in [0, 0.1) is 12.7 Å². The second-order valence-electron chi connectivity index (χ2n) is 3.24. The molecule has 1 aromatic carbocycles. The number of anilines is 1. The van der Waals surface area contributed by atoms with Crippen molar-refractivity contribution in [3.05, 3.63) is 40.4 Å². The van der Waals surface area contributed by atoms with Gasteiger partial charge in [0.05, 0.1) is 0 Å².